The van der Waals surface area contributed by atoms with Crippen molar-refractivity contribution in [1.82, 2.24) is 35.1 Å². The van der Waals surface area contributed by atoms with Crippen molar-refractivity contribution in [1.29, 1.82) is 0 Å². The number of nitrogens with zero attached hydrogens (tertiary/aromatic N) is 5. The zero-order valence-electron chi connectivity index (χ0n) is 21.5. The predicted octanol–water partition coefficient (Wildman–Crippen LogP) is 6.14. The van der Waals surface area contributed by atoms with Gasteiger partial charge in [-0.25, -0.2) is 15.0 Å². The molecule has 6 aromatic heterocycles. The molecule has 0 aliphatic heterocycles. The Labute approximate surface area is 236 Å². The van der Waals surface area contributed by atoms with Crippen LogP contribution in [0, 0.1) is 0 Å². The molecule has 41 heavy (non-hydrogen) atoms. The molecule has 0 fully saturated rings. The molecular formula is C30H20N8O2S. The van der Waals surface area contributed by atoms with E-state index in [1.165, 1.54) is 11.3 Å². The third-order valence-corrected chi connectivity index (χ3v) is 7.83. The molecule has 0 bridgehead atoms. The fourth-order valence-electron chi connectivity index (χ4n) is 4.59. The summed E-state index contributed by atoms with van der Waals surface area (Å²) in [4.78, 5) is 47.6. The second kappa shape index (κ2) is 9.88. The minimum atomic E-state index is -0.215. The van der Waals surface area contributed by atoms with Gasteiger partial charge in [0.1, 0.15) is 11.2 Å². The largest absolute Gasteiger partial charge is 0.321 e. The van der Waals surface area contributed by atoms with Crippen LogP contribution in [-0.4, -0.2) is 46.8 Å². The van der Waals surface area contributed by atoms with Crippen molar-refractivity contribution in [2.75, 3.05) is 5.32 Å². The zero-order chi connectivity index (χ0) is 27.9. The molecule has 7 aromatic rings. The number of hydrogen-bond donors (Lipinski definition) is 3. The second-order valence-corrected chi connectivity index (χ2v) is 10.4. The molecular weight excluding hydrogens is 536 g/mol. The van der Waals surface area contributed by atoms with Gasteiger partial charge in [-0.1, -0.05) is 18.2 Å². The Balaban J connectivity index is 1.24. The van der Waals surface area contributed by atoms with Crippen molar-refractivity contribution in [2.45, 2.75) is 6.92 Å². The van der Waals surface area contributed by atoms with Crippen molar-refractivity contribution in [2.24, 2.45) is 0 Å². The fraction of sp³-hybridized carbons (Fsp3) is 0.0333. The standard InChI is InChI=1S/C30H20N8O2S/c1-16(39)23-7-8-24(41-23)21-9-10-32-28-25(21)35-29(36-28)26-22-12-19(14-33-27(22)38-37-26)18-11-20(15-31-13-18)34-30(40)17-5-3-2-4-6-17/h2-15H,1H3,(H,34,40)(H,32,35,36)(H,33,37,38). The Kier molecular flexibility index (Phi) is 5.90. The van der Waals surface area contributed by atoms with Gasteiger partial charge in [0.05, 0.1) is 22.1 Å². The number of thiophene rings is 1. The molecule has 0 aliphatic carbocycles. The number of ketones is 1. The molecule has 10 nitrogen and oxygen atoms in total. The number of H-pyrrole nitrogens is 2. The number of aromatic amines is 2. The highest BCUT2D eigenvalue weighted by molar-refractivity contribution is 7.17. The van der Waals surface area contributed by atoms with E-state index in [0.29, 0.717) is 44.5 Å². The molecule has 0 atom stereocenters. The van der Waals surface area contributed by atoms with E-state index in [1.807, 2.05) is 48.5 Å². The minimum absolute atomic E-state index is 0.0277. The lowest BCUT2D eigenvalue weighted by Gasteiger charge is -2.07. The number of fused-ring (bicyclic) bond motifs is 2. The first-order chi connectivity index (χ1) is 20.0. The Hall–Kier alpha value is -5.55. The van der Waals surface area contributed by atoms with Crippen LogP contribution in [0.3, 0.4) is 0 Å². The number of imidazole rings is 1. The average molecular weight is 557 g/mol. The summed E-state index contributed by atoms with van der Waals surface area (Å²) in [7, 11) is 0. The molecule has 0 aliphatic rings. The SMILES string of the molecule is CC(=O)c1ccc(-c2ccnc3[nH]c(-c4n[nH]c5ncc(-c6cncc(NC(=O)c7ccccc7)c6)cc45)nc23)s1. The van der Waals surface area contributed by atoms with Gasteiger partial charge >= 0.3 is 0 Å². The zero-order valence-corrected chi connectivity index (χ0v) is 22.4. The van der Waals surface area contributed by atoms with Crippen molar-refractivity contribution < 1.29 is 9.59 Å². The molecule has 198 valence electrons. The molecule has 11 heteroatoms. The van der Waals surface area contributed by atoms with Gasteiger partial charge in [-0.3, -0.25) is 19.7 Å². The number of carbonyl (C=O) groups excluding carboxylic acids is 2. The number of pyridine rings is 3. The molecule has 1 aromatic carbocycles. The monoisotopic (exact) mass is 556 g/mol. The summed E-state index contributed by atoms with van der Waals surface area (Å²) in [5.74, 6) is 0.351. The first-order valence-corrected chi connectivity index (χ1v) is 13.5. The Morgan fingerprint density at radius 3 is 2.59 bits per heavy atom. The number of benzene rings is 1. The van der Waals surface area contributed by atoms with Crippen molar-refractivity contribution in [3.05, 3.63) is 95.9 Å². The topological polar surface area (TPSA) is 142 Å². The lowest BCUT2D eigenvalue weighted by atomic mass is 10.1. The summed E-state index contributed by atoms with van der Waals surface area (Å²) < 4.78 is 0. The van der Waals surface area contributed by atoms with E-state index in [2.05, 4.69) is 35.5 Å². The van der Waals surface area contributed by atoms with Crippen LogP contribution in [0.4, 0.5) is 5.69 Å². The number of carbonyl (C=O) groups is 2. The number of aromatic nitrogens is 7. The maximum Gasteiger partial charge on any atom is 0.255 e. The van der Waals surface area contributed by atoms with Gasteiger partial charge in [-0.15, -0.1) is 11.3 Å². The van der Waals surface area contributed by atoms with Crippen LogP contribution in [0.1, 0.15) is 27.0 Å². The molecule has 1 amide bonds. The second-order valence-electron chi connectivity index (χ2n) is 9.34. The van der Waals surface area contributed by atoms with Crippen LogP contribution >= 0.6 is 11.3 Å². The number of amides is 1. The number of Topliss-reactive ketones (excluding diaryl/α,β-unsaturated/α-hetero) is 1. The number of rotatable bonds is 6. The first-order valence-electron chi connectivity index (χ1n) is 12.7. The van der Waals surface area contributed by atoms with Gasteiger partial charge in [0.15, 0.2) is 22.9 Å². The summed E-state index contributed by atoms with van der Waals surface area (Å²) in [6, 6.07) is 18.5. The third kappa shape index (κ3) is 4.53. The van der Waals surface area contributed by atoms with Gasteiger partial charge in [0.25, 0.3) is 5.91 Å². The van der Waals surface area contributed by atoms with E-state index in [-0.39, 0.29) is 11.7 Å². The third-order valence-electron chi connectivity index (χ3n) is 6.61. The summed E-state index contributed by atoms with van der Waals surface area (Å²) >= 11 is 1.43. The lowest BCUT2D eigenvalue weighted by Crippen LogP contribution is -2.11. The molecule has 0 radical (unpaired) electrons. The van der Waals surface area contributed by atoms with Crippen molar-refractivity contribution >= 4 is 50.9 Å². The highest BCUT2D eigenvalue weighted by Gasteiger charge is 2.18. The molecule has 0 unspecified atom stereocenters. The molecule has 3 N–H and O–H groups in total. The van der Waals surface area contributed by atoms with Crippen LogP contribution in [0.5, 0.6) is 0 Å². The first kappa shape index (κ1) is 24.5. The lowest BCUT2D eigenvalue weighted by molar-refractivity contribution is 0.101. The van der Waals surface area contributed by atoms with Gasteiger partial charge in [0, 0.05) is 45.7 Å². The van der Waals surface area contributed by atoms with Crippen molar-refractivity contribution in [3.63, 3.8) is 0 Å². The van der Waals surface area contributed by atoms with Crippen LogP contribution in [0.25, 0.3) is 55.3 Å². The average Bonchev–Trinajstić information content (AvgIpc) is 3.75. The van der Waals surface area contributed by atoms with E-state index in [9.17, 15) is 9.59 Å². The molecule has 0 spiro atoms. The predicted molar refractivity (Wildman–Crippen MR) is 158 cm³/mol. The number of anilines is 1. The minimum Gasteiger partial charge on any atom is -0.321 e. The Bertz CT molecular complexity index is 2090. The van der Waals surface area contributed by atoms with E-state index >= 15 is 0 Å². The number of hydrogen-bond acceptors (Lipinski definition) is 8. The molecule has 7 rings (SSSR count). The highest BCUT2D eigenvalue weighted by Crippen LogP contribution is 2.35. The van der Waals surface area contributed by atoms with Crippen LogP contribution in [0.15, 0.2) is 85.5 Å². The highest BCUT2D eigenvalue weighted by atomic mass is 32.1. The quantitative estimate of drug-likeness (QED) is 0.209. The summed E-state index contributed by atoms with van der Waals surface area (Å²) in [5.41, 5.74) is 6.09. The summed E-state index contributed by atoms with van der Waals surface area (Å²) in [6.45, 7) is 1.56. The van der Waals surface area contributed by atoms with E-state index in [0.717, 1.165) is 27.0 Å². The van der Waals surface area contributed by atoms with Gasteiger partial charge in [0.2, 0.25) is 0 Å². The van der Waals surface area contributed by atoms with E-state index < -0.39 is 0 Å². The number of nitrogens with one attached hydrogen (secondary N) is 3. The van der Waals surface area contributed by atoms with Crippen molar-refractivity contribution in [3.8, 4) is 33.1 Å². The molecule has 6 heterocycles. The van der Waals surface area contributed by atoms with Crippen LogP contribution < -0.4 is 5.32 Å². The van der Waals surface area contributed by atoms with E-state index in [4.69, 9.17) is 4.98 Å². The smallest absolute Gasteiger partial charge is 0.255 e. The van der Waals surface area contributed by atoms with E-state index in [1.54, 1.807) is 43.8 Å². The van der Waals surface area contributed by atoms with Crippen LogP contribution in [-0.2, 0) is 0 Å². The maximum atomic E-state index is 12.6. The maximum absolute atomic E-state index is 12.6. The fourth-order valence-corrected chi connectivity index (χ4v) is 5.52. The van der Waals surface area contributed by atoms with Gasteiger partial charge in [-0.05, 0) is 49.4 Å². The Morgan fingerprint density at radius 2 is 1.76 bits per heavy atom. The molecule has 0 saturated heterocycles. The van der Waals surface area contributed by atoms with Crippen LogP contribution in [0.2, 0.25) is 0 Å². The molecule has 0 saturated carbocycles. The summed E-state index contributed by atoms with van der Waals surface area (Å²) in [6.07, 6.45) is 6.76. The normalized spacial score (nSPS) is 11.2. The summed E-state index contributed by atoms with van der Waals surface area (Å²) in [5, 5.41) is 11.1. The van der Waals surface area contributed by atoms with Gasteiger partial charge in [-0.2, -0.15) is 5.10 Å². The van der Waals surface area contributed by atoms with Gasteiger partial charge < -0.3 is 10.3 Å². The Morgan fingerprint density at radius 1 is 0.902 bits per heavy atom.